The first-order valence-corrected chi connectivity index (χ1v) is 4.92. The van der Waals surface area contributed by atoms with E-state index in [-0.39, 0.29) is 6.04 Å². The molecular weight excluding hydrogens is 190 g/mol. The summed E-state index contributed by atoms with van der Waals surface area (Å²) in [6.45, 7) is 2.03. The molecule has 1 N–H and O–H groups in total. The van der Waals surface area contributed by atoms with Crippen LogP contribution >= 0.6 is 0 Å². The molecule has 0 aromatic carbocycles. The maximum absolute atomic E-state index is 5.48. The van der Waals surface area contributed by atoms with E-state index < -0.39 is 0 Å². The third-order valence-electron chi connectivity index (χ3n) is 2.57. The van der Waals surface area contributed by atoms with Crippen molar-refractivity contribution in [3.8, 4) is 0 Å². The van der Waals surface area contributed by atoms with E-state index in [4.69, 9.17) is 4.42 Å². The predicted octanol–water partition coefficient (Wildman–Crippen LogP) is 1.63. The van der Waals surface area contributed by atoms with Crippen LogP contribution in [0.4, 0.5) is 0 Å². The number of hydrogen-bond acceptors (Lipinski definition) is 3. The summed E-state index contributed by atoms with van der Waals surface area (Å²) in [5.41, 5.74) is 1.14. The van der Waals surface area contributed by atoms with Crippen molar-refractivity contribution in [3.05, 3.63) is 41.9 Å². The van der Waals surface area contributed by atoms with Gasteiger partial charge in [-0.05, 0) is 25.6 Å². The van der Waals surface area contributed by atoms with Gasteiger partial charge in [0.2, 0.25) is 0 Å². The standard InChI is InChI=1S/C11H15N3O/c1-8-4-7-15-10(8)9(12-2)11-13-5-6-14(11)3/h4-7,9,12H,1-3H3. The predicted molar refractivity (Wildman–Crippen MR) is 57.6 cm³/mol. The van der Waals surface area contributed by atoms with Gasteiger partial charge in [0.1, 0.15) is 17.6 Å². The molecule has 0 aliphatic rings. The molecule has 2 aromatic heterocycles. The molecule has 80 valence electrons. The minimum atomic E-state index is 0.0139. The summed E-state index contributed by atoms with van der Waals surface area (Å²) in [5.74, 6) is 1.88. The van der Waals surface area contributed by atoms with Gasteiger partial charge in [0.25, 0.3) is 0 Å². The maximum Gasteiger partial charge on any atom is 0.133 e. The van der Waals surface area contributed by atoms with Crippen molar-refractivity contribution in [1.82, 2.24) is 14.9 Å². The van der Waals surface area contributed by atoms with Crippen LogP contribution in [0, 0.1) is 6.92 Å². The van der Waals surface area contributed by atoms with Gasteiger partial charge < -0.3 is 14.3 Å². The summed E-state index contributed by atoms with van der Waals surface area (Å²) in [7, 11) is 3.88. The summed E-state index contributed by atoms with van der Waals surface area (Å²) in [6.07, 6.45) is 5.42. The average Bonchev–Trinajstić information content (AvgIpc) is 2.80. The van der Waals surface area contributed by atoms with Crippen molar-refractivity contribution in [2.45, 2.75) is 13.0 Å². The van der Waals surface area contributed by atoms with Gasteiger partial charge in [-0.2, -0.15) is 0 Å². The molecule has 1 atom stereocenters. The van der Waals surface area contributed by atoms with Crippen LogP contribution in [-0.2, 0) is 7.05 Å². The zero-order chi connectivity index (χ0) is 10.8. The quantitative estimate of drug-likeness (QED) is 0.828. The fraction of sp³-hybridized carbons (Fsp3) is 0.364. The highest BCUT2D eigenvalue weighted by molar-refractivity contribution is 5.23. The van der Waals surface area contributed by atoms with Gasteiger partial charge in [0, 0.05) is 19.4 Å². The van der Waals surface area contributed by atoms with E-state index in [2.05, 4.69) is 10.3 Å². The molecule has 15 heavy (non-hydrogen) atoms. The van der Waals surface area contributed by atoms with E-state index in [1.54, 1.807) is 12.5 Å². The van der Waals surface area contributed by atoms with Gasteiger partial charge in [0.15, 0.2) is 0 Å². The largest absolute Gasteiger partial charge is 0.467 e. The van der Waals surface area contributed by atoms with Crippen LogP contribution in [0.1, 0.15) is 23.2 Å². The smallest absolute Gasteiger partial charge is 0.133 e. The average molecular weight is 205 g/mol. The first-order chi connectivity index (χ1) is 7.24. The minimum Gasteiger partial charge on any atom is -0.467 e. The topological polar surface area (TPSA) is 43.0 Å². The monoisotopic (exact) mass is 205 g/mol. The molecule has 0 fully saturated rings. The van der Waals surface area contributed by atoms with Gasteiger partial charge >= 0.3 is 0 Å². The number of aromatic nitrogens is 2. The van der Waals surface area contributed by atoms with Crippen LogP contribution in [0.5, 0.6) is 0 Å². The summed E-state index contributed by atoms with van der Waals surface area (Å²) in [4.78, 5) is 4.32. The zero-order valence-electron chi connectivity index (χ0n) is 9.19. The number of imidazole rings is 1. The Morgan fingerprint density at radius 3 is 2.80 bits per heavy atom. The Bertz CT molecular complexity index is 404. The molecule has 0 aliphatic heterocycles. The molecule has 2 rings (SSSR count). The van der Waals surface area contributed by atoms with E-state index in [1.165, 1.54) is 0 Å². The van der Waals surface area contributed by atoms with Gasteiger partial charge in [-0.25, -0.2) is 4.98 Å². The second kappa shape index (κ2) is 3.90. The summed E-state index contributed by atoms with van der Waals surface area (Å²) in [6, 6.07) is 1.97. The Hall–Kier alpha value is -1.55. The second-order valence-corrected chi connectivity index (χ2v) is 3.59. The summed E-state index contributed by atoms with van der Waals surface area (Å²) < 4.78 is 7.47. The van der Waals surface area contributed by atoms with Crippen LogP contribution in [0.15, 0.2) is 29.1 Å². The van der Waals surface area contributed by atoms with Crippen LogP contribution in [0.3, 0.4) is 0 Å². The molecule has 0 radical (unpaired) electrons. The maximum atomic E-state index is 5.48. The first kappa shape index (κ1) is 9.98. The number of nitrogens with one attached hydrogen (secondary N) is 1. The molecule has 0 aliphatic carbocycles. The van der Waals surface area contributed by atoms with E-state index in [0.717, 1.165) is 17.1 Å². The molecule has 2 aromatic rings. The van der Waals surface area contributed by atoms with Crippen LogP contribution in [-0.4, -0.2) is 16.6 Å². The molecule has 1 unspecified atom stereocenters. The van der Waals surface area contributed by atoms with Crippen LogP contribution in [0.25, 0.3) is 0 Å². The normalized spacial score (nSPS) is 13.0. The molecule has 0 saturated heterocycles. The summed E-state index contributed by atoms with van der Waals surface area (Å²) in [5, 5.41) is 3.21. The minimum absolute atomic E-state index is 0.0139. The Morgan fingerprint density at radius 1 is 1.53 bits per heavy atom. The van der Waals surface area contributed by atoms with Crippen molar-refractivity contribution in [3.63, 3.8) is 0 Å². The van der Waals surface area contributed by atoms with E-state index in [1.807, 2.05) is 37.8 Å². The molecule has 0 bridgehead atoms. The Morgan fingerprint density at radius 2 is 2.33 bits per heavy atom. The highest BCUT2D eigenvalue weighted by Gasteiger charge is 2.20. The number of hydrogen-bond donors (Lipinski definition) is 1. The Labute approximate surface area is 88.9 Å². The lowest BCUT2D eigenvalue weighted by Crippen LogP contribution is -2.21. The zero-order valence-corrected chi connectivity index (χ0v) is 9.19. The van der Waals surface area contributed by atoms with Crippen molar-refractivity contribution >= 4 is 0 Å². The van der Waals surface area contributed by atoms with Gasteiger partial charge in [-0.15, -0.1) is 0 Å². The third kappa shape index (κ3) is 1.68. The molecule has 4 heteroatoms. The van der Waals surface area contributed by atoms with E-state index >= 15 is 0 Å². The SMILES string of the molecule is CNC(c1occc1C)c1nccn1C. The molecule has 0 saturated carbocycles. The highest BCUT2D eigenvalue weighted by atomic mass is 16.3. The van der Waals surface area contributed by atoms with Gasteiger partial charge in [0.05, 0.1) is 6.26 Å². The van der Waals surface area contributed by atoms with Gasteiger partial charge in [-0.3, -0.25) is 0 Å². The van der Waals surface area contributed by atoms with Crippen LogP contribution < -0.4 is 5.32 Å². The Balaban J connectivity index is 2.41. The number of rotatable bonds is 3. The van der Waals surface area contributed by atoms with Crippen molar-refractivity contribution in [2.75, 3.05) is 7.05 Å². The number of furan rings is 1. The van der Waals surface area contributed by atoms with Crippen molar-refractivity contribution in [2.24, 2.45) is 7.05 Å². The molecular formula is C11H15N3O. The first-order valence-electron chi connectivity index (χ1n) is 4.92. The molecule has 0 spiro atoms. The molecule has 4 nitrogen and oxygen atoms in total. The molecule has 2 heterocycles. The lowest BCUT2D eigenvalue weighted by molar-refractivity contribution is 0.445. The van der Waals surface area contributed by atoms with E-state index in [0.29, 0.717) is 0 Å². The third-order valence-corrected chi connectivity index (χ3v) is 2.57. The molecule has 0 amide bonds. The summed E-state index contributed by atoms with van der Waals surface area (Å²) >= 11 is 0. The number of aryl methyl sites for hydroxylation is 2. The highest BCUT2D eigenvalue weighted by Crippen LogP contribution is 2.23. The lowest BCUT2D eigenvalue weighted by atomic mass is 10.1. The van der Waals surface area contributed by atoms with Crippen molar-refractivity contribution in [1.29, 1.82) is 0 Å². The van der Waals surface area contributed by atoms with Crippen LogP contribution in [0.2, 0.25) is 0 Å². The lowest BCUT2D eigenvalue weighted by Gasteiger charge is -2.14. The second-order valence-electron chi connectivity index (χ2n) is 3.59. The van der Waals surface area contributed by atoms with E-state index in [9.17, 15) is 0 Å². The fourth-order valence-electron chi connectivity index (χ4n) is 1.71. The Kier molecular flexibility index (Phi) is 2.60. The van der Waals surface area contributed by atoms with Gasteiger partial charge in [-0.1, -0.05) is 0 Å². The number of nitrogens with zero attached hydrogens (tertiary/aromatic N) is 2. The van der Waals surface area contributed by atoms with Crippen molar-refractivity contribution < 1.29 is 4.42 Å². The fourth-order valence-corrected chi connectivity index (χ4v) is 1.71.